The zero-order chi connectivity index (χ0) is 13.1. The van der Waals surface area contributed by atoms with E-state index in [0.717, 1.165) is 17.9 Å². The summed E-state index contributed by atoms with van der Waals surface area (Å²) in [7, 11) is 0. The SMILES string of the molecule is CCC(N)Cc1cccc(Cl)c1SC(C)(C)C. The first kappa shape index (κ1) is 14.9. The molecule has 3 heteroatoms. The van der Waals surface area contributed by atoms with Crippen LogP contribution >= 0.6 is 23.4 Å². The molecular weight excluding hydrogens is 250 g/mol. The number of hydrogen-bond acceptors (Lipinski definition) is 2. The van der Waals surface area contributed by atoms with Crippen LogP contribution in [0, 0.1) is 0 Å². The van der Waals surface area contributed by atoms with Gasteiger partial charge >= 0.3 is 0 Å². The monoisotopic (exact) mass is 271 g/mol. The molecule has 96 valence electrons. The van der Waals surface area contributed by atoms with Crippen LogP contribution in [0.1, 0.15) is 39.7 Å². The largest absolute Gasteiger partial charge is 0.327 e. The second-order valence-electron chi connectivity index (χ2n) is 5.31. The average molecular weight is 272 g/mol. The van der Waals surface area contributed by atoms with Gasteiger partial charge in [-0.1, -0.05) is 51.4 Å². The van der Waals surface area contributed by atoms with Gasteiger partial charge in [0.15, 0.2) is 0 Å². The van der Waals surface area contributed by atoms with Gasteiger partial charge in [0.2, 0.25) is 0 Å². The Hall–Kier alpha value is -0.180. The van der Waals surface area contributed by atoms with Crippen LogP contribution in [0.5, 0.6) is 0 Å². The Kier molecular flexibility index (Phi) is 5.36. The fourth-order valence-corrected chi connectivity index (χ4v) is 2.93. The molecular formula is C14H22ClNS. The van der Waals surface area contributed by atoms with E-state index in [9.17, 15) is 0 Å². The third-order valence-corrected chi connectivity index (χ3v) is 4.19. The third-order valence-electron chi connectivity index (χ3n) is 2.46. The summed E-state index contributed by atoms with van der Waals surface area (Å²) in [6, 6.07) is 6.31. The molecule has 0 aliphatic carbocycles. The number of benzene rings is 1. The van der Waals surface area contributed by atoms with Crippen LogP contribution in [0.4, 0.5) is 0 Å². The number of nitrogens with two attached hydrogens (primary N) is 1. The first-order chi connectivity index (χ1) is 7.83. The summed E-state index contributed by atoms with van der Waals surface area (Å²) in [5, 5.41) is 0.839. The van der Waals surface area contributed by atoms with Crippen molar-refractivity contribution in [2.45, 2.75) is 56.2 Å². The van der Waals surface area contributed by atoms with Crippen LogP contribution in [0.2, 0.25) is 5.02 Å². The van der Waals surface area contributed by atoms with E-state index in [1.165, 1.54) is 10.5 Å². The highest BCUT2D eigenvalue weighted by molar-refractivity contribution is 8.00. The van der Waals surface area contributed by atoms with Gasteiger partial charge in [-0.15, -0.1) is 11.8 Å². The lowest BCUT2D eigenvalue weighted by molar-refractivity contribution is 0.640. The molecule has 0 aliphatic heterocycles. The minimum atomic E-state index is 0.163. The highest BCUT2D eigenvalue weighted by Gasteiger charge is 2.18. The number of thioether (sulfide) groups is 1. The van der Waals surface area contributed by atoms with Crippen LogP contribution in [0.25, 0.3) is 0 Å². The lowest BCUT2D eigenvalue weighted by Crippen LogP contribution is -2.22. The first-order valence-corrected chi connectivity index (χ1v) is 7.25. The second kappa shape index (κ2) is 6.12. The molecule has 0 fully saturated rings. The van der Waals surface area contributed by atoms with E-state index in [1.54, 1.807) is 0 Å². The van der Waals surface area contributed by atoms with Crippen molar-refractivity contribution < 1.29 is 0 Å². The zero-order valence-electron chi connectivity index (χ0n) is 11.1. The molecule has 0 amide bonds. The zero-order valence-corrected chi connectivity index (χ0v) is 12.7. The quantitative estimate of drug-likeness (QED) is 0.816. The van der Waals surface area contributed by atoms with E-state index in [-0.39, 0.29) is 10.8 Å². The highest BCUT2D eigenvalue weighted by atomic mass is 35.5. The lowest BCUT2D eigenvalue weighted by Gasteiger charge is -2.22. The number of rotatable bonds is 4. The van der Waals surface area contributed by atoms with Gasteiger partial charge in [-0.2, -0.15) is 0 Å². The summed E-state index contributed by atoms with van der Waals surface area (Å²) in [6.07, 6.45) is 1.89. The second-order valence-corrected chi connectivity index (χ2v) is 7.56. The maximum Gasteiger partial charge on any atom is 0.0544 e. The van der Waals surface area contributed by atoms with Crippen molar-refractivity contribution in [3.05, 3.63) is 28.8 Å². The maximum absolute atomic E-state index is 6.30. The molecule has 0 aliphatic rings. The summed E-state index contributed by atoms with van der Waals surface area (Å²) in [5.74, 6) is 0. The molecule has 1 nitrogen and oxygen atoms in total. The van der Waals surface area contributed by atoms with Crippen LogP contribution in [0.3, 0.4) is 0 Å². The van der Waals surface area contributed by atoms with E-state index in [2.05, 4.69) is 33.8 Å². The molecule has 0 saturated heterocycles. The Morgan fingerprint density at radius 1 is 1.35 bits per heavy atom. The molecule has 0 saturated carbocycles. The molecule has 17 heavy (non-hydrogen) atoms. The van der Waals surface area contributed by atoms with E-state index in [4.69, 9.17) is 17.3 Å². The predicted octanol–water partition coefficient (Wildman–Crippen LogP) is 4.51. The normalized spacial score (nSPS) is 13.8. The molecule has 0 spiro atoms. The fourth-order valence-electron chi connectivity index (χ4n) is 1.56. The summed E-state index contributed by atoms with van der Waals surface area (Å²) in [4.78, 5) is 1.19. The topological polar surface area (TPSA) is 26.0 Å². The van der Waals surface area contributed by atoms with Crippen molar-refractivity contribution in [2.24, 2.45) is 5.73 Å². The number of halogens is 1. The maximum atomic E-state index is 6.30. The summed E-state index contributed by atoms with van der Waals surface area (Å²) < 4.78 is 0.163. The van der Waals surface area contributed by atoms with Crippen LogP contribution in [-0.4, -0.2) is 10.8 Å². The molecule has 0 bridgehead atoms. The first-order valence-electron chi connectivity index (χ1n) is 6.05. The Balaban J connectivity index is 3.00. The smallest absolute Gasteiger partial charge is 0.0544 e. The summed E-state index contributed by atoms with van der Waals surface area (Å²) >= 11 is 8.12. The van der Waals surface area contributed by atoms with Gasteiger partial charge in [-0.05, 0) is 24.5 Å². The Morgan fingerprint density at radius 2 is 2.00 bits per heavy atom. The van der Waals surface area contributed by atoms with Crippen molar-refractivity contribution in [2.75, 3.05) is 0 Å². The molecule has 1 unspecified atom stereocenters. The minimum absolute atomic E-state index is 0.163. The number of hydrogen-bond donors (Lipinski definition) is 1. The van der Waals surface area contributed by atoms with Gasteiger partial charge in [0.25, 0.3) is 0 Å². The van der Waals surface area contributed by atoms with Gasteiger partial charge in [0.1, 0.15) is 0 Å². The highest BCUT2D eigenvalue weighted by Crippen LogP contribution is 2.39. The van der Waals surface area contributed by atoms with Crippen molar-refractivity contribution in [3.63, 3.8) is 0 Å². The Morgan fingerprint density at radius 3 is 2.53 bits per heavy atom. The molecule has 1 aromatic rings. The van der Waals surface area contributed by atoms with Gasteiger partial charge in [-0.3, -0.25) is 0 Å². The Labute approximate surface area is 114 Å². The molecule has 1 atom stereocenters. The van der Waals surface area contributed by atoms with Crippen LogP contribution in [0.15, 0.2) is 23.1 Å². The van der Waals surface area contributed by atoms with Gasteiger partial charge < -0.3 is 5.73 Å². The van der Waals surface area contributed by atoms with E-state index in [0.29, 0.717) is 0 Å². The van der Waals surface area contributed by atoms with Crippen LogP contribution in [-0.2, 0) is 6.42 Å². The van der Waals surface area contributed by atoms with Crippen molar-refractivity contribution in [3.8, 4) is 0 Å². The van der Waals surface area contributed by atoms with Gasteiger partial charge in [0.05, 0.1) is 5.02 Å². The predicted molar refractivity (Wildman–Crippen MR) is 79.0 cm³/mol. The fraction of sp³-hybridized carbons (Fsp3) is 0.571. The average Bonchev–Trinajstić information content (AvgIpc) is 2.21. The molecule has 0 radical (unpaired) electrons. The van der Waals surface area contributed by atoms with E-state index in [1.807, 2.05) is 23.9 Å². The molecule has 2 N–H and O–H groups in total. The van der Waals surface area contributed by atoms with Crippen LogP contribution < -0.4 is 5.73 Å². The standard InChI is InChI=1S/C14H22ClNS/c1-5-11(16)9-10-7-6-8-12(15)13(10)17-14(2,3)4/h6-8,11H,5,9,16H2,1-4H3. The summed E-state index contributed by atoms with van der Waals surface area (Å²) in [6.45, 7) is 8.71. The van der Waals surface area contributed by atoms with E-state index >= 15 is 0 Å². The minimum Gasteiger partial charge on any atom is -0.327 e. The van der Waals surface area contributed by atoms with Gasteiger partial charge in [0, 0.05) is 15.7 Å². The van der Waals surface area contributed by atoms with Crippen molar-refractivity contribution in [1.29, 1.82) is 0 Å². The molecule has 0 aromatic heterocycles. The lowest BCUT2D eigenvalue weighted by atomic mass is 10.0. The van der Waals surface area contributed by atoms with E-state index < -0.39 is 0 Å². The van der Waals surface area contributed by atoms with Crippen molar-refractivity contribution in [1.82, 2.24) is 0 Å². The Bertz CT molecular complexity index is 371. The summed E-state index contributed by atoms with van der Waals surface area (Å²) in [5.41, 5.74) is 7.31. The van der Waals surface area contributed by atoms with Gasteiger partial charge in [-0.25, -0.2) is 0 Å². The van der Waals surface area contributed by atoms with Crippen molar-refractivity contribution >= 4 is 23.4 Å². The molecule has 1 rings (SSSR count). The third kappa shape index (κ3) is 4.90. The molecule has 0 heterocycles. The molecule has 1 aromatic carbocycles.